The van der Waals surface area contributed by atoms with E-state index in [9.17, 15) is 4.79 Å². The van der Waals surface area contributed by atoms with E-state index in [1.54, 1.807) is 13.0 Å². The van der Waals surface area contributed by atoms with Crippen molar-refractivity contribution in [2.24, 2.45) is 0 Å². The Morgan fingerprint density at radius 1 is 1.60 bits per heavy atom. The molecule has 1 aromatic rings. The summed E-state index contributed by atoms with van der Waals surface area (Å²) in [5.41, 5.74) is 6.63. The number of nitrogen functional groups attached to an aromatic ring is 1. The van der Waals surface area contributed by atoms with E-state index in [1.165, 1.54) is 6.20 Å². The van der Waals surface area contributed by atoms with Crippen LogP contribution in [0.2, 0.25) is 0 Å². The normalized spacial score (nSPS) is 10.2. The summed E-state index contributed by atoms with van der Waals surface area (Å²) in [4.78, 5) is 18.0. The topological polar surface area (TPSA) is 92.2 Å². The van der Waals surface area contributed by atoms with E-state index >= 15 is 0 Å². The number of hydrogen-bond acceptors (Lipinski definition) is 6. The van der Waals surface area contributed by atoms with E-state index in [0.29, 0.717) is 24.3 Å². The summed E-state index contributed by atoms with van der Waals surface area (Å²) in [6.07, 6.45) is 1.89. The van der Waals surface area contributed by atoms with Crippen molar-refractivity contribution in [2.45, 2.75) is 33.2 Å². The molecule has 0 spiro atoms. The summed E-state index contributed by atoms with van der Waals surface area (Å²) in [6, 6.07) is 3.76. The highest BCUT2D eigenvalue weighted by molar-refractivity contribution is 5.97. The molecule has 0 saturated carbocycles. The third-order valence-electron chi connectivity index (χ3n) is 2.82. The van der Waals surface area contributed by atoms with Crippen LogP contribution in [-0.4, -0.2) is 30.1 Å². The highest BCUT2D eigenvalue weighted by Crippen LogP contribution is 2.26. The Labute approximate surface area is 119 Å². The smallest absolute Gasteiger partial charge is 0.340 e. The molecular weight excluding hydrogens is 256 g/mol. The molecule has 0 aliphatic rings. The number of rotatable bonds is 6. The van der Waals surface area contributed by atoms with Crippen molar-refractivity contribution >= 4 is 17.5 Å². The maximum Gasteiger partial charge on any atom is 0.340 e. The number of carbonyl (C=O) groups is 1. The van der Waals surface area contributed by atoms with Gasteiger partial charge in [-0.2, -0.15) is 5.26 Å². The molecule has 0 amide bonds. The zero-order chi connectivity index (χ0) is 15.1. The van der Waals surface area contributed by atoms with Crippen LogP contribution < -0.4 is 10.6 Å². The van der Waals surface area contributed by atoms with Crippen molar-refractivity contribution in [1.29, 1.82) is 5.26 Å². The highest BCUT2D eigenvalue weighted by atomic mass is 16.5. The first-order chi connectivity index (χ1) is 9.52. The summed E-state index contributed by atoms with van der Waals surface area (Å²) in [5.74, 6) is 0.0541. The fraction of sp³-hybridized carbons (Fsp3) is 0.500. The fourth-order valence-electron chi connectivity index (χ4n) is 1.86. The molecule has 6 nitrogen and oxygen atoms in total. The van der Waals surface area contributed by atoms with Gasteiger partial charge in [0.1, 0.15) is 0 Å². The van der Waals surface area contributed by atoms with Crippen LogP contribution in [0.5, 0.6) is 0 Å². The maximum atomic E-state index is 11.8. The predicted molar refractivity (Wildman–Crippen MR) is 77.3 cm³/mol. The summed E-state index contributed by atoms with van der Waals surface area (Å²) in [6.45, 7) is 6.50. The Bertz CT molecular complexity index is 508. The number of hydrogen-bond donors (Lipinski definition) is 1. The number of esters is 1. The average Bonchev–Trinajstić information content (AvgIpc) is 2.40. The maximum absolute atomic E-state index is 11.8. The fourth-order valence-corrected chi connectivity index (χ4v) is 1.86. The average molecular weight is 276 g/mol. The van der Waals surface area contributed by atoms with Gasteiger partial charge in [0.15, 0.2) is 5.82 Å². The SMILES string of the molecule is CCOC(=O)c1ccnc(N(CCC#N)C(C)C)c1N. The first-order valence-electron chi connectivity index (χ1n) is 6.58. The molecular formula is C14H20N4O2. The number of nitrogens with zero attached hydrogens (tertiary/aromatic N) is 3. The Balaban J connectivity index is 3.14. The van der Waals surface area contributed by atoms with Gasteiger partial charge in [-0.1, -0.05) is 0 Å². The molecule has 0 aromatic carbocycles. The zero-order valence-corrected chi connectivity index (χ0v) is 12.1. The van der Waals surface area contributed by atoms with Crippen LogP contribution >= 0.6 is 0 Å². The van der Waals surface area contributed by atoms with E-state index in [1.807, 2.05) is 18.7 Å². The van der Waals surface area contributed by atoms with Crippen molar-refractivity contribution in [1.82, 2.24) is 4.98 Å². The molecule has 6 heteroatoms. The number of nitriles is 1. The minimum atomic E-state index is -0.461. The van der Waals surface area contributed by atoms with Gasteiger partial charge < -0.3 is 15.4 Å². The molecule has 0 saturated heterocycles. The van der Waals surface area contributed by atoms with Gasteiger partial charge in [0, 0.05) is 18.8 Å². The minimum absolute atomic E-state index is 0.121. The van der Waals surface area contributed by atoms with Gasteiger partial charge in [0.05, 0.1) is 30.3 Å². The van der Waals surface area contributed by atoms with E-state index in [4.69, 9.17) is 15.7 Å². The first kappa shape index (κ1) is 15.8. The second kappa shape index (κ2) is 7.34. The zero-order valence-electron chi connectivity index (χ0n) is 12.1. The molecule has 0 aliphatic carbocycles. The number of nitrogens with two attached hydrogens (primary N) is 1. The lowest BCUT2D eigenvalue weighted by atomic mass is 10.2. The predicted octanol–water partition coefficient (Wildman–Crippen LogP) is 1.97. The molecule has 0 atom stereocenters. The lowest BCUT2D eigenvalue weighted by Crippen LogP contribution is -2.33. The van der Waals surface area contributed by atoms with Crippen LogP contribution in [0.25, 0.3) is 0 Å². The Morgan fingerprint density at radius 2 is 2.30 bits per heavy atom. The Morgan fingerprint density at radius 3 is 2.85 bits per heavy atom. The van der Waals surface area contributed by atoms with Gasteiger partial charge in [0.25, 0.3) is 0 Å². The quantitative estimate of drug-likeness (QED) is 0.798. The lowest BCUT2D eigenvalue weighted by molar-refractivity contribution is 0.0527. The van der Waals surface area contributed by atoms with Crippen LogP contribution in [0.4, 0.5) is 11.5 Å². The van der Waals surface area contributed by atoms with Gasteiger partial charge in [0.2, 0.25) is 0 Å². The van der Waals surface area contributed by atoms with Gasteiger partial charge >= 0.3 is 5.97 Å². The molecule has 0 aliphatic heterocycles. The third-order valence-corrected chi connectivity index (χ3v) is 2.82. The summed E-state index contributed by atoms with van der Waals surface area (Å²) in [5, 5.41) is 8.72. The minimum Gasteiger partial charge on any atom is -0.462 e. The molecule has 1 rings (SSSR count). The van der Waals surface area contributed by atoms with Crippen molar-refractivity contribution in [2.75, 3.05) is 23.8 Å². The number of aromatic nitrogens is 1. The van der Waals surface area contributed by atoms with Gasteiger partial charge in [-0.05, 0) is 26.8 Å². The molecule has 1 aromatic heterocycles. The number of ether oxygens (including phenoxy) is 1. The molecule has 0 radical (unpaired) electrons. The van der Waals surface area contributed by atoms with Crippen molar-refractivity contribution in [3.05, 3.63) is 17.8 Å². The van der Waals surface area contributed by atoms with Gasteiger partial charge in [-0.25, -0.2) is 9.78 Å². The van der Waals surface area contributed by atoms with Crippen LogP contribution in [-0.2, 0) is 4.74 Å². The second-order valence-corrected chi connectivity index (χ2v) is 4.51. The summed E-state index contributed by atoms with van der Waals surface area (Å²) >= 11 is 0. The monoisotopic (exact) mass is 276 g/mol. The molecule has 108 valence electrons. The van der Waals surface area contributed by atoms with Crippen LogP contribution in [0.15, 0.2) is 12.3 Å². The van der Waals surface area contributed by atoms with Gasteiger partial charge in [-0.15, -0.1) is 0 Å². The number of anilines is 2. The highest BCUT2D eigenvalue weighted by Gasteiger charge is 2.20. The summed E-state index contributed by atoms with van der Waals surface area (Å²) in [7, 11) is 0. The molecule has 0 unspecified atom stereocenters. The van der Waals surface area contributed by atoms with Crippen molar-refractivity contribution < 1.29 is 9.53 Å². The van der Waals surface area contributed by atoms with E-state index in [0.717, 1.165) is 0 Å². The second-order valence-electron chi connectivity index (χ2n) is 4.51. The van der Waals surface area contributed by atoms with E-state index in [-0.39, 0.29) is 18.3 Å². The lowest BCUT2D eigenvalue weighted by Gasteiger charge is -2.28. The molecule has 20 heavy (non-hydrogen) atoms. The number of pyridine rings is 1. The number of carbonyl (C=O) groups excluding carboxylic acids is 1. The first-order valence-corrected chi connectivity index (χ1v) is 6.58. The van der Waals surface area contributed by atoms with Crippen LogP contribution in [0, 0.1) is 11.3 Å². The Hall–Kier alpha value is -2.29. The Kier molecular flexibility index (Phi) is 5.78. The van der Waals surface area contributed by atoms with Crippen LogP contribution in [0.3, 0.4) is 0 Å². The standard InChI is InChI=1S/C14H20N4O2/c1-4-20-14(19)11-6-8-17-13(12(11)16)18(10(2)3)9-5-7-15/h6,8,10H,4-5,9,16H2,1-3H3. The molecule has 0 fully saturated rings. The molecule has 1 heterocycles. The summed E-state index contributed by atoms with van der Waals surface area (Å²) < 4.78 is 4.97. The molecule has 0 bridgehead atoms. The van der Waals surface area contributed by atoms with E-state index < -0.39 is 5.97 Å². The van der Waals surface area contributed by atoms with Gasteiger partial charge in [-0.3, -0.25) is 0 Å². The molecule has 2 N–H and O–H groups in total. The van der Waals surface area contributed by atoms with Crippen LogP contribution in [0.1, 0.15) is 37.6 Å². The van der Waals surface area contributed by atoms with Crippen molar-refractivity contribution in [3.8, 4) is 6.07 Å². The largest absolute Gasteiger partial charge is 0.462 e. The van der Waals surface area contributed by atoms with E-state index in [2.05, 4.69) is 11.1 Å². The third kappa shape index (κ3) is 3.60. The van der Waals surface area contributed by atoms with Crippen molar-refractivity contribution in [3.63, 3.8) is 0 Å².